The van der Waals surface area contributed by atoms with Crippen LogP contribution in [0, 0.1) is 0 Å². The summed E-state index contributed by atoms with van der Waals surface area (Å²) < 4.78 is 0. The van der Waals surface area contributed by atoms with Crippen LogP contribution in [0.15, 0.2) is 55.0 Å². The monoisotopic (exact) mass is 689 g/mol. The van der Waals surface area contributed by atoms with E-state index >= 15 is 0 Å². The molecule has 0 saturated heterocycles. The number of pyridine rings is 1. The van der Waals surface area contributed by atoms with Crippen LogP contribution in [0.2, 0.25) is 0 Å². The van der Waals surface area contributed by atoms with E-state index in [0.717, 1.165) is 17.5 Å². The molecule has 3 aromatic rings. The van der Waals surface area contributed by atoms with Crippen LogP contribution < -0.4 is 5.32 Å². The molecule has 0 saturated carbocycles. The number of hydrogen-bond acceptors (Lipinski definition) is 3. The van der Waals surface area contributed by atoms with Crippen LogP contribution in [0.1, 0.15) is 11.1 Å². The van der Waals surface area contributed by atoms with Crippen molar-refractivity contribution in [1.29, 1.82) is 0 Å². The van der Waals surface area contributed by atoms with Crippen molar-refractivity contribution in [2.75, 3.05) is 19.6 Å². The zero-order chi connectivity index (χ0) is 21.5. The summed E-state index contributed by atoms with van der Waals surface area (Å²) in [4.78, 5) is 19.1. The van der Waals surface area contributed by atoms with E-state index in [1.807, 2.05) is 30.5 Å². The summed E-state index contributed by atoms with van der Waals surface area (Å²) in [6, 6.07) is 11.9. The molecule has 3 rings (SSSR count). The van der Waals surface area contributed by atoms with Gasteiger partial charge in [0.2, 0.25) is 5.91 Å². The van der Waals surface area contributed by atoms with Gasteiger partial charge in [-0.2, -0.15) is 0 Å². The Labute approximate surface area is 192 Å². The Kier molecular flexibility index (Phi) is 13.8. The number of H-pyrrole nitrogens is 1. The maximum absolute atomic E-state index is 11.9. The second-order valence-corrected chi connectivity index (χ2v) is 6.05. The van der Waals surface area contributed by atoms with E-state index in [1.165, 1.54) is 10.9 Å². The summed E-state index contributed by atoms with van der Waals surface area (Å²) in [5, 5.41) is 12.5. The van der Waals surface area contributed by atoms with Gasteiger partial charge in [-0.1, -0.05) is 18.2 Å². The van der Waals surface area contributed by atoms with Crippen molar-refractivity contribution in [3.05, 3.63) is 77.6 Å². The van der Waals surface area contributed by atoms with Gasteiger partial charge in [-0.05, 0) is 35.7 Å². The molecular formula is C20H25IN5O2Pt-2. The van der Waals surface area contributed by atoms with Gasteiger partial charge in [-0.25, -0.2) is 0 Å². The van der Waals surface area contributed by atoms with Gasteiger partial charge in [0.25, 0.3) is 0 Å². The molecule has 0 unspecified atom stereocenters. The third-order valence-corrected chi connectivity index (χ3v) is 3.98. The van der Waals surface area contributed by atoms with E-state index < -0.39 is 6.10 Å². The number of nitrogens with zero attached hydrogens (tertiary/aromatic N) is 1. The third kappa shape index (κ3) is 9.82. The molecule has 0 aliphatic carbocycles. The summed E-state index contributed by atoms with van der Waals surface area (Å²) in [6.45, 7) is 0.540. The number of aromatic nitrogens is 2. The number of carbonyl (C=O) groups excluding carboxylic acids is 1. The van der Waals surface area contributed by atoms with Crippen LogP contribution >= 0.6 is 19.4 Å². The fraction of sp³-hybridized carbons (Fsp3) is 0.300. The zero-order valence-electron chi connectivity index (χ0n) is 15.8. The van der Waals surface area contributed by atoms with Gasteiger partial charge in [0.15, 0.2) is 0 Å². The number of para-hydroxylation sites is 1. The predicted molar refractivity (Wildman–Crippen MR) is 121 cm³/mol. The quantitative estimate of drug-likeness (QED) is 0.327. The molecule has 5 N–H and O–H groups in total. The van der Waals surface area contributed by atoms with Gasteiger partial charge >= 0.3 is 35.5 Å². The standard InChI is InChI=1S/C17H17N3O.C3H8N2O.HI.Pt/c21-17(11-13-5-8-18-9-6-13)19-10-7-14-12-20-16-4-2-1-3-15(14)16;4-1-3(6)2-5;;/h1-6,8-9,12,20H,7,10-11H2,(H,19,21);3-6H,1-2H2;1H;/q;-2;;+1/p-1. The van der Waals surface area contributed by atoms with Crippen LogP contribution in [0.4, 0.5) is 0 Å². The molecule has 0 spiro atoms. The number of aliphatic hydroxyl groups is 1. The Balaban J connectivity index is 0.000000454. The average Bonchev–Trinajstić information content (AvgIpc) is 3.19. The van der Waals surface area contributed by atoms with E-state index in [2.05, 4.69) is 62.9 Å². The Morgan fingerprint density at radius 2 is 1.83 bits per heavy atom. The second kappa shape index (κ2) is 15.5. The maximum atomic E-state index is 11.9. The Morgan fingerprint density at radius 1 is 1.17 bits per heavy atom. The van der Waals surface area contributed by atoms with Gasteiger partial charge in [0.05, 0.1) is 6.42 Å². The van der Waals surface area contributed by atoms with Gasteiger partial charge in [-0.15, -0.1) is 13.1 Å². The van der Waals surface area contributed by atoms with Crippen LogP contribution in [-0.2, 0) is 33.8 Å². The summed E-state index contributed by atoms with van der Waals surface area (Å²) in [5.74, 6) is 0.0426. The van der Waals surface area contributed by atoms with Crippen molar-refractivity contribution in [2.45, 2.75) is 18.9 Å². The number of benzene rings is 1. The van der Waals surface area contributed by atoms with Gasteiger partial charge in [0, 0.05) is 42.1 Å². The molecule has 0 aliphatic rings. The largest absolute Gasteiger partial charge is 0.675 e. The van der Waals surface area contributed by atoms with Crippen LogP contribution in [0.25, 0.3) is 22.4 Å². The number of aliphatic hydroxyl groups excluding tert-OH is 1. The molecule has 0 fully saturated rings. The van der Waals surface area contributed by atoms with Crippen molar-refractivity contribution in [2.24, 2.45) is 0 Å². The molecule has 1 amide bonds. The van der Waals surface area contributed by atoms with E-state index in [9.17, 15) is 4.79 Å². The number of fused-ring (bicyclic) bond motifs is 1. The van der Waals surface area contributed by atoms with Gasteiger partial charge < -0.3 is 26.9 Å². The number of nitrogens with one attached hydrogen (secondary N) is 4. The first-order valence-corrected chi connectivity index (χ1v) is 15.4. The smallest absolute Gasteiger partial charge is 0.0162 e. The summed E-state index contributed by atoms with van der Waals surface area (Å²) in [7, 11) is 0. The summed E-state index contributed by atoms with van der Waals surface area (Å²) in [5.41, 5.74) is 16.2. The van der Waals surface area contributed by atoms with Crippen LogP contribution in [0.5, 0.6) is 0 Å². The van der Waals surface area contributed by atoms with Gasteiger partial charge in [-0.3, -0.25) is 9.78 Å². The molecule has 0 bridgehead atoms. The van der Waals surface area contributed by atoms with Crippen molar-refractivity contribution in [3.8, 4) is 0 Å². The molecule has 0 radical (unpaired) electrons. The van der Waals surface area contributed by atoms with E-state index in [-0.39, 0.29) is 19.0 Å². The Morgan fingerprint density at radius 3 is 2.45 bits per heavy atom. The molecule has 2 aromatic heterocycles. The Bertz CT molecular complexity index is 828. The molecule has 161 valence electrons. The molecule has 29 heavy (non-hydrogen) atoms. The molecule has 2 heterocycles. The van der Waals surface area contributed by atoms with Crippen LogP contribution in [-0.4, -0.2) is 46.7 Å². The number of rotatable bonds is 7. The minimum atomic E-state index is -0.731. The number of amides is 1. The number of hydrogen-bond donors (Lipinski definition) is 3. The number of aromatic amines is 1. The maximum Gasteiger partial charge on any atom is 0.0162 e. The molecular weight excluding hydrogens is 664 g/mol. The minimum absolute atomic E-state index is 0.0426. The third-order valence-electron chi connectivity index (χ3n) is 3.98. The SMILES string of the molecule is O=C(Cc1ccncc1)NCCc1c[nH]c2ccccc12.[I][Pt].[NH-]CC(O)C[NH-]. The fourth-order valence-electron chi connectivity index (χ4n) is 2.50. The molecule has 0 atom stereocenters. The topological polar surface area (TPSA) is 126 Å². The number of halogens is 1. The molecule has 0 aliphatic heterocycles. The second-order valence-electron chi connectivity index (χ2n) is 6.05. The zero-order valence-corrected chi connectivity index (χ0v) is 20.2. The Hall–Kier alpha value is -1.32. The van der Waals surface area contributed by atoms with E-state index in [1.54, 1.807) is 12.4 Å². The van der Waals surface area contributed by atoms with Crippen molar-refractivity contribution >= 4 is 36.2 Å². The normalized spacial score (nSPS) is 10.0. The molecule has 9 heteroatoms. The first-order valence-electron chi connectivity index (χ1n) is 8.93. The first-order chi connectivity index (χ1) is 14.1. The summed E-state index contributed by atoms with van der Waals surface area (Å²) in [6.07, 6.45) is 5.91. The molecule has 1 aromatic carbocycles. The minimum Gasteiger partial charge on any atom is -0.675 e. The van der Waals surface area contributed by atoms with Crippen molar-refractivity contribution < 1.29 is 26.0 Å². The molecule has 7 nitrogen and oxygen atoms in total. The van der Waals surface area contributed by atoms with Crippen LogP contribution in [0.3, 0.4) is 0 Å². The van der Waals surface area contributed by atoms with Gasteiger partial charge in [0.1, 0.15) is 0 Å². The van der Waals surface area contributed by atoms with E-state index in [4.69, 9.17) is 16.6 Å². The van der Waals surface area contributed by atoms with E-state index in [0.29, 0.717) is 13.0 Å². The number of carbonyl (C=O) groups is 1. The summed E-state index contributed by atoms with van der Waals surface area (Å²) >= 11 is 4.23. The first kappa shape index (κ1) is 25.7. The van der Waals surface area contributed by atoms with Crippen molar-refractivity contribution in [3.63, 3.8) is 0 Å². The average molecular weight is 689 g/mol. The predicted octanol–water partition coefficient (Wildman–Crippen LogP) is 3.80. The van der Waals surface area contributed by atoms with Crippen molar-refractivity contribution in [1.82, 2.24) is 15.3 Å². The fourth-order valence-corrected chi connectivity index (χ4v) is 2.50.